The van der Waals surface area contributed by atoms with Gasteiger partial charge in [0, 0.05) is 30.4 Å². The number of rotatable bonds is 2. The minimum Gasteiger partial charge on any atom is -0.273 e. The Kier molecular flexibility index (Phi) is 3.57. The molecule has 6 nitrogen and oxygen atoms in total. The largest absolute Gasteiger partial charge is 0.273 e. The quantitative estimate of drug-likeness (QED) is 0.711. The van der Waals surface area contributed by atoms with E-state index < -0.39 is 5.41 Å². The molecule has 0 atom stereocenters. The van der Waals surface area contributed by atoms with Crippen molar-refractivity contribution in [2.45, 2.75) is 33.1 Å². The second kappa shape index (κ2) is 5.69. The number of nitrogens with zero attached hydrogens (tertiary/aromatic N) is 5. The molecule has 0 saturated carbocycles. The summed E-state index contributed by atoms with van der Waals surface area (Å²) in [7, 11) is 0. The Morgan fingerprint density at radius 3 is 2.19 bits per heavy atom. The zero-order chi connectivity index (χ0) is 18.5. The first-order valence-electron chi connectivity index (χ1n) is 8.44. The summed E-state index contributed by atoms with van der Waals surface area (Å²) in [6.07, 6.45) is 7.02. The van der Waals surface area contributed by atoms with Crippen LogP contribution >= 0.6 is 0 Å². The Labute approximate surface area is 152 Å². The highest BCUT2D eigenvalue weighted by molar-refractivity contribution is 6.11. The lowest BCUT2D eigenvalue weighted by molar-refractivity contribution is -0.121. The summed E-state index contributed by atoms with van der Waals surface area (Å²) >= 11 is 0. The molecule has 0 aliphatic carbocycles. The van der Waals surface area contributed by atoms with Gasteiger partial charge < -0.3 is 0 Å². The maximum Gasteiger partial charge on any atom is 0.244 e. The van der Waals surface area contributed by atoms with Crippen molar-refractivity contribution in [1.82, 2.24) is 19.9 Å². The van der Waals surface area contributed by atoms with Crippen molar-refractivity contribution < 1.29 is 4.79 Å². The average Bonchev–Trinajstić information content (AvgIpc) is 2.83. The molecule has 6 heteroatoms. The standard InChI is InChI=1S/C20H19N5O/c1-12-8-23-19(24-9-12)25-17-7-14(15-10-21-13(2)22-11-15)5-6-16(17)20(3,4)18(25)26/h5-11H,1-4H3. The lowest BCUT2D eigenvalue weighted by atomic mass is 9.85. The number of hydrogen-bond donors (Lipinski definition) is 0. The van der Waals surface area contributed by atoms with Gasteiger partial charge in [0.05, 0.1) is 11.1 Å². The molecule has 0 saturated heterocycles. The molecule has 130 valence electrons. The number of aromatic nitrogens is 4. The van der Waals surface area contributed by atoms with Gasteiger partial charge in [0.25, 0.3) is 0 Å². The molecule has 1 aromatic carbocycles. The van der Waals surface area contributed by atoms with Crippen molar-refractivity contribution in [2.24, 2.45) is 0 Å². The van der Waals surface area contributed by atoms with Gasteiger partial charge in [-0.25, -0.2) is 24.8 Å². The Morgan fingerprint density at radius 2 is 1.54 bits per heavy atom. The van der Waals surface area contributed by atoms with Crippen LogP contribution in [0.2, 0.25) is 0 Å². The van der Waals surface area contributed by atoms with E-state index in [9.17, 15) is 4.79 Å². The van der Waals surface area contributed by atoms with Gasteiger partial charge in [0.2, 0.25) is 11.9 Å². The molecule has 0 fully saturated rings. The molecule has 3 heterocycles. The van der Waals surface area contributed by atoms with Crippen LogP contribution in [0.5, 0.6) is 0 Å². The molecule has 3 aromatic rings. The van der Waals surface area contributed by atoms with E-state index in [0.29, 0.717) is 5.95 Å². The van der Waals surface area contributed by atoms with Crippen LogP contribution in [0.25, 0.3) is 11.1 Å². The third-order valence-corrected chi connectivity index (χ3v) is 4.73. The molecule has 4 rings (SSSR count). The lowest BCUT2D eigenvalue weighted by Gasteiger charge is -2.18. The molecule has 0 spiro atoms. The van der Waals surface area contributed by atoms with Gasteiger partial charge in [0.15, 0.2) is 0 Å². The number of fused-ring (bicyclic) bond motifs is 1. The van der Waals surface area contributed by atoms with Crippen molar-refractivity contribution in [3.63, 3.8) is 0 Å². The van der Waals surface area contributed by atoms with E-state index >= 15 is 0 Å². The van der Waals surface area contributed by atoms with Gasteiger partial charge >= 0.3 is 0 Å². The van der Waals surface area contributed by atoms with Crippen LogP contribution in [-0.2, 0) is 10.2 Å². The van der Waals surface area contributed by atoms with Gasteiger partial charge in [-0.15, -0.1) is 0 Å². The van der Waals surface area contributed by atoms with E-state index in [-0.39, 0.29) is 5.91 Å². The first kappa shape index (κ1) is 16.3. The summed E-state index contributed by atoms with van der Waals surface area (Å²) in [4.78, 5) is 31.9. The molecule has 0 bridgehead atoms. The van der Waals surface area contributed by atoms with Crippen LogP contribution in [0.1, 0.15) is 30.8 Å². The third-order valence-electron chi connectivity index (χ3n) is 4.73. The lowest BCUT2D eigenvalue weighted by Crippen LogP contribution is -2.34. The fraction of sp³-hybridized carbons (Fsp3) is 0.250. The van der Waals surface area contributed by atoms with Crippen molar-refractivity contribution in [3.8, 4) is 11.1 Å². The van der Waals surface area contributed by atoms with Gasteiger partial charge in [-0.2, -0.15) is 0 Å². The van der Waals surface area contributed by atoms with Crippen molar-refractivity contribution >= 4 is 17.5 Å². The van der Waals surface area contributed by atoms with E-state index in [2.05, 4.69) is 19.9 Å². The van der Waals surface area contributed by atoms with Crippen molar-refractivity contribution in [2.75, 3.05) is 4.90 Å². The number of amides is 1. The van der Waals surface area contributed by atoms with Crippen molar-refractivity contribution in [1.29, 1.82) is 0 Å². The zero-order valence-electron chi connectivity index (χ0n) is 15.2. The maximum absolute atomic E-state index is 13.1. The van der Waals surface area contributed by atoms with Crippen LogP contribution in [0.3, 0.4) is 0 Å². The number of anilines is 2. The normalized spacial score (nSPS) is 15.2. The summed E-state index contributed by atoms with van der Waals surface area (Å²) in [5.74, 6) is 1.08. The number of carbonyl (C=O) groups excluding carboxylic acids is 1. The van der Waals surface area contributed by atoms with Crippen molar-refractivity contribution in [3.05, 3.63) is 59.9 Å². The molecule has 2 aromatic heterocycles. The molecule has 0 radical (unpaired) electrons. The molecule has 1 amide bonds. The summed E-state index contributed by atoms with van der Waals surface area (Å²) < 4.78 is 0. The van der Waals surface area contributed by atoms with Crippen LogP contribution in [0.4, 0.5) is 11.6 Å². The molecule has 0 N–H and O–H groups in total. The van der Waals surface area contributed by atoms with Crippen LogP contribution in [-0.4, -0.2) is 25.8 Å². The van der Waals surface area contributed by atoms with Crippen LogP contribution < -0.4 is 4.90 Å². The van der Waals surface area contributed by atoms with E-state index in [1.807, 2.05) is 45.9 Å². The first-order chi connectivity index (χ1) is 12.4. The third kappa shape index (κ3) is 2.45. The molecular weight excluding hydrogens is 326 g/mol. The summed E-state index contributed by atoms with van der Waals surface area (Å²) in [6, 6.07) is 5.98. The minimum atomic E-state index is -0.633. The predicted molar refractivity (Wildman–Crippen MR) is 99.1 cm³/mol. The number of aryl methyl sites for hydroxylation is 2. The average molecular weight is 345 g/mol. The Hall–Kier alpha value is -3.15. The highest BCUT2D eigenvalue weighted by atomic mass is 16.2. The number of benzene rings is 1. The summed E-state index contributed by atoms with van der Waals surface area (Å²) in [5.41, 5.74) is 3.94. The Bertz CT molecular complexity index is 994. The minimum absolute atomic E-state index is 0.0336. The highest BCUT2D eigenvalue weighted by Crippen LogP contribution is 2.45. The maximum atomic E-state index is 13.1. The Balaban J connectivity index is 1.87. The summed E-state index contributed by atoms with van der Waals surface area (Å²) in [6.45, 7) is 7.63. The first-order valence-corrected chi connectivity index (χ1v) is 8.44. The number of carbonyl (C=O) groups is 1. The molecule has 1 aliphatic rings. The fourth-order valence-electron chi connectivity index (χ4n) is 3.17. The van der Waals surface area contributed by atoms with Gasteiger partial charge in [0.1, 0.15) is 5.82 Å². The monoisotopic (exact) mass is 345 g/mol. The van der Waals surface area contributed by atoms with E-state index in [1.165, 1.54) is 0 Å². The zero-order valence-corrected chi connectivity index (χ0v) is 15.2. The molecule has 0 unspecified atom stereocenters. The van der Waals surface area contributed by atoms with E-state index in [1.54, 1.807) is 29.7 Å². The second-order valence-corrected chi connectivity index (χ2v) is 7.08. The highest BCUT2D eigenvalue weighted by Gasteiger charge is 2.45. The van der Waals surface area contributed by atoms with Gasteiger partial charge in [-0.1, -0.05) is 12.1 Å². The SMILES string of the molecule is Cc1cnc(N2C(=O)C(C)(C)c3ccc(-c4cnc(C)nc4)cc32)nc1. The molecular formula is C20H19N5O. The molecule has 26 heavy (non-hydrogen) atoms. The van der Waals surface area contributed by atoms with Gasteiger partial charge in [-0.3, -0.25) is 4.79 Å². The molecule has 1 aliphatic heterocycles. The Morgan fingerprint density at radius 1 is 0.885 bits per heavy atom. The number of hydrogen-bond acceptors (Lipinski definition) is 5. The smallest absolute Gasteiger partial charge is 0.244 e. The predicted octanol–water partition coefficient (Wildman–Crippen LogP) is 3.51. The van der Waals surface area contributed by atoms with Gasteiger partial charge in [-0.05, 0) is 50.5 Å². The van der Waals surface area contributed by atoms with E-state index in [0.717, 1.165) is 33.8 Å². The second-order valence-electron chi connectivity index (χ2n) is 7.08. The van der Waals surface area contributed by atoms with Crippen LogP contribution in [0.15, 0.2) is 43.0 Å². The van der Waals surface area contributed by atoms with E-state index in [4.69, 9.17) is 0 Å². The van der Waals surface area contributed by atoms with Crippen LogP contribution in [0, 0.1) is 13.8 Å². The topological polar surface area (TPSA) is 71.9 Å². The fourth-order valence-corrected chi connectivity index (χ4v) is 3.17. The summed E-state index contributed by atoms with van der Waals surface area (Å²) in [5, 5.41) is 0.